The Morgan fingerprint density at radius 1 is 1.14 bits per heavy atom. The van der Waals surface area contributed by atoms with Crippen molar-refractivity contribution in [3.8, 4) is 6.07 Å². The number of fused-ring (bicyclic) bond motifs is 1. The van der Waals surface area contributed by atoms with Crippen molar-refractivity contribution in [2.75, 3.05) is 0 Å². The molecule has 1 unspecified atom stereocenters. The van der Waals surface area contributed by atoms with Crippen molar-refractivity contribution in [1.82, 2.24) is 0 Å². The molecule has 0 saturated heterocycles. The third kappa shape index (κ3) is 2.67. The molecule has 0 aliphatic heterocycles. The van der Waals surface area contributed by atoms with E-state index in [9.17, 15) is 5.26 Å². The summed E-state index contributed by atoms with van der Waals surface area (Å²) < 4.78 is 0. The second-order valence-corrected chi connectivity index (χ2v) is 6.46. The van der Waals surface area contributed by atoms with Gasteiger partial charge in [-0.25, -0.2) is 0 Å². The second kappa shape index (κ2) is 5.72. The SMILES string of the molecule is N#CC1(Cc2cc(Cl)ccc2Cl)CCCc2ccccc21. The standard InChI is InChI=1S/C18H15Cl2N/c19-15-7-8-17(20)14(10-15)11-18(12-21)9-3-5-13-4-1-2-6-16(13)18/h1-2,4,6-8,10H,3,5,9,11H2. The summed E-state index contributed by atoms with van der Waals surface area (Å²) in [6, 6.07) is 16.3. The topological polar surface area (TPSA) is 23.8 Å². The van der Waals surface area contributed by atoms with Gasteiger partial charge in [-0.3, -0.25) is 0 Å². The molecule has 2 aromatic rings. The van der Waals surface area contributed by atoms with E-state index in [0.717, 1.165) is 30.4 Å². The van der Waals surface area contributed by atoms with Crippen molar-refractivity contribution < 1.29 is 0 Å². The lowest BCUT2D eigenvalue weighted by atomic mass is 9.68. The zero-order valence-electron chi connectivity index (χ0n) is 11.6. The van der Waals surface area contributed by atoms with Gasteiger partial charge in [-0.05, 0) is 60.6 Å². The summed E-state index contributed by atoms with van der Waals surface area (Å²) in [4.78, 5) is 0. The first-order chi connectivity index (χ1) is 10.1. The van der Waals surface area contributed by atoms with Crippen LogP contribution >= 0.6 is 23.2 Å². The van der Waals surface area contributed by atoms with Crippen LogP contribution in [0.5, 0.6) is 0 Å². The normalized spacial score (nSPS) is 20.6. The van der Waals surface area contributed by atoms with Crippen LogP contribution in [0.4, 0.5) is 0 Å². The third-order valence-corrected chi connectivity index (χ3v) is 4.90. The molecule has 0 N–H and O–H groups in total. The summed E-state index contributed by atoms with van der Waals surface area (Å²) in [6.07, 6.45) is 3.55. The monoisotopic (exact) mass is 315 g/mol. The lowest BCUT2D eigenvalue weighted by Crippen LogP contribution is -2.31. The molecule has 1 atom stereocenters. The molecule has 0 bridgehead atoms. The number of nitrogens with zero attached hydrogens (tertiary/aromatic N) is 1. The quantitative estimate of drug-likeness (QED) is 0.734. The van der Waals surface area contributed by atoms with E-state index in [1.807, 2.05) is 18.2 Å². The predicted molar refractivity (Wildman–Crippen MR) is 86.8 cm³/mol. The average Bonchev–Trinajstić information content (AvgIpc) is 2.51. The average molecular weight is 316 g/mol. The van der Waals surface area contributed by atoms with Crippen molar-refractivity contribution in [2.45, 2.75) is 31.1 Å². The minimum atomic E-state index is -0.497. The molecule has 1 aliphatic carbocycles. The largest absolute Gasteiger partial charge is 0.197 e. The molecular weight excluding hydrogens is 301 g/mol. The Balaban J connectivity index is 2.07. The fourth-order valence-electron chi connectivity index (χ4n) is 3.26. The Labute approximate surface area is 135 Å². The maximum atomic E-state index is 9.88. The Kier molecular flexibility index (Phi) is 3.93. The summed E-state index contributed by atoms with van der Waals surface area (Å²) in [6.45, 7) is 0. The van der Waals surface area contributed by atoms with Gasteiger partial charge in [0.05, 0.1) is 11.5 Å². The number of nitriles is 1. The van der Waals surface area contributed by atoms with Crippen LogP contribution in [0.25, 0.3) is 0 Å². The van der Waals surface area contributed by atoms with Gasteiger partial charge < -0.3 is 0 Å². The lowest BCUT2D eigenvalue weighted by molar-refractivity contribution is 0.450. The minimum Gasteiger partial charge on any atom is -0.197 e. The van der Waals surface area contributed by atoms with E-state index in [2.05, 4.69) is 18.2 Å². The maximum Gasteiger partial charge on any atom is 0.0865 e. The zero-order chi connectivity index (χ0) is 14.9. The highest BCUT2D eigenvalue weighted by atomic mass is 35.5. The molecule has 0 heterocycles. The summed E-state index contributed by atoms with van der Waals surface area (Å²) in [7, 11) is 0. The Morgan fingerprint density at radius 3 is 2.76 bits per heavy atom. The molecule has 2 aromatic carbocycles. The molecular formula is C18H15Cl2N. The van der Waals surface area contributed by atoms with Crippen LogP contribution in [0, 0.1) is 11.3 Å². The Morgan fingerprint density at radius 2 is 1.95 bits per heavy atom. The first-order valence-electron chi connectivity index (χ1n) is 7.08. The first-order valence-corrected chi connectivity index (χ1v) is 7.84. The summed E-state index contributed by atoms with van der Waals surface area (Å²) in [5.74, 6) is 0. The van der Waals surface area contributed by atoms with Gasteiger partial charge >= 0.3 is 0 Å². The van der Waals surface area contributed by atoms with Crippen molar-refractivity contribution >= 4 is 23.2 Å². The Bertz CT molecular complexity index is 717. The fraction of sp³-hybridized carbons (Fsp3) is 0.278. The lowest BCUT2D eigenvalue weighted by Gasteiger charge is -2.33. The third-order valence-electron chi connectivity index (χ3n) is 4.30. The van der Waals surface area contributed by atoms with E-state index in [4.69, 9.17) is 23.2 Å². The highest BCUT2D eigenvalue weighted by Crippen LogP contribution is 2.41. The minimum absolute atomic E-state index is 0.497. The van der Waals surface area contributed by atoms with Crippen LogP contribution in [0.2, 0.25) is 10.0 Å². The molecule has 1 aliphatic rings. The van der Waals surface area contributed by atoms with E-state index in [-0.39, 0.29) is 0 Å². The van der Waals surface area contributed by atoms with Crippen LogP contribution in [-0.2, 0) is 18.3 Å². The first kappa shape index (κ1) is 14.4. The summed E-state index contributed by atoms with van der Waals surface area (Å²) >= 11 is 12.4. The van der Waals surface area contributed by atoms with Crippen LogP contribution in [0.1, 0.15) is 29.5 Å². The molecule has 0 aromatic heterocycles. The molecule has 0 radical (unpaired) electrons. The number of hydrogen-bond donors (Lipinski definition) is 0. The van der Waals surface area contributed by atoms with Crippen LogP contribution in [0.3, 0.4) is 0 Å². The van der Waals surface area contributed by atoms with E-state index in [1.54, 1.807) is 12.1 Å². The van der Waals surface area contributed by atoms with Crippen LogP contribution < -0.4 is 0 Å². The molecule has 0 fully saturated rings. The van der Waals surface area contributed by atoms with Crippen molar-refractivity contribution in [3.05, 3.63) is 69.2 Å². The Hall–Kier alpha value is -1.49. The number of aryl methyl sites for hydroxylation is 1. The van der Waals surface area contributed by atoms with Crippen molar-refractivity contribution in [1.29, 1.82) is 5.26 Å². The van der Waals surface area contributed by atoms with Gasteiger partial charge in [-0.2, -0.15) is 5.26 Å². The van der Waals surface area contributed by atoms with E-state index >= 15 is 0 Å². The predicted octanol–water partition coefficient (Wildman–Crippen LogP) is 5.33. The van der Waals surface area contributed by atoms with Crippen molar-refractivity contribution in [2.24, 2.45) is 0 Å². The second-order valence-electron chi connectivity index (χ2n) is 5.62. The van der Waals surface area contributed by atoms with Gasteiger partial charge in [0, 0.05) is 10.0 Å². The zero-order valence-corrected chi connectivity index (χ0v) is 13.1. The van der Waals surface area contributed by atoms with E-state index in [0.29, 0.717) is 16.5 Å². The molecule has 1 nitrogen and oxygen atoms in total. The summed E-state index contributed by atoms with van der Waals surface area (Å²) in [5.41, 5.74) is 2.88. The number of rotatable bonds is 2. The van der Waals surface area contributed by atoms with Crippen LogP contribution in [0.15, 0.2) is 42.5 Å². The molecule has 3 heteroatoms. The van der Waals surface area contributed by atoms with Gasteiger partial charge in [-0.1, -0.05) is 47.5 Å². The molecule has 106 valence electrons. The van der Waals surface area contributed by atoms with Gasteiger partial charge in [-0.15, -0.1) is 0 Å². The van der Waals surface area contributed by atoms with Gasteiger partial charge in [0.1, 0.15) is 0 Å². The number of hydrogen-bond acceptors (Lipinski definition) is 1. The highest BCUT2D eigenvalue weighted by Gasteiger charge is 2.37. The molecule has 21 heavy (non-hydrogen) atoms. The molecule has 3 rings (SSSR count). The van der Waals surface area contributed by atoms with Crippen LogP contribution in [-0.4, -0.2) is 0 Å². The summed E-state index contributed by atoms with van der Waals surface area (Å²) in [5, 5.41) is 11.2. The van der Waals surface area contributed by atoms with Gasteiger partial charge in [0.2, 0.25) is 0 Å². The molecule has 0 saturated carbocycles. The van der Waals surface area contributed by atoms with Gasteiger partial charge in [0.15, 0.2) is 0 Å². The molecule has 0 spiro atoms. The highest BCUT2D eigenvalue weighted by molar-refractivity contribution is 6.33. The van der Waals surface area contributed by atoms with Gasteiger partial charge in [0.25, 0.3) is 0 Å². The number of benzene rings is 2. The van der Waals surface area contributed by atoms with E-state index < -0.39 is 5.41 Å². The molecule has 0 amide bonds. The number of halogens is 2. The fourth-order valence-corrected chi connectivity index (χ4v) is 3.64. The van der Waals surface area contributed by atoms with Crippen molar-refractivity contribution in [3.63, 3.8) is 0 Å². The smallest absolute Gasteiger partial charge is 0.0865 e. The maximum absolute atomic E-state index is 9.88. The van der Waals surface area contributed by atoms with E-state index in [1.165, 1.54) is 5.56 Å².